The molecule has 2 aromatic carbocycles. The minimum absolute atomic E-state index is 0.0114. The smallest absolute Gasteiger partial charge is 0.265 e. The first kappa shape index (κ1) is 20.8. The van der Waals surface area contributed by atoms with Gasteiger partial charge in [-0.3, -0.25) is 9.59 Å². The highest BCUT2D eigenvalue weighted by atomic mass is 32.2. The van der Waals surface area contributed by atoms with Gasteiger partial charge in [0, 0.05) is 11.9 Å². The molecule has 0 unspecified atom stereocenters. The van der Waals surface area contributed by atoms with Gasteiger partial charge in [-0.1, -0.05) is 41.5 Å². The highest BCUT2D eigenvalue weighted by Gasteiger charge is 2.25. The van der Waals surface area contributed by atoms with Gasteiger partial charge in [0.2, 0.25) is 0 Å². The summed E-state index contributed by atoms with van der Waals surface area (Å²) in [6.45, 7) is 3.99. The Balaban J connectivity index is 1.83. The molecule has 2 N–H and O–H groups in total. The number of nitrogens with one attached hydrogen (secondary N) is 2. The zero-order chi connectivity index (χ0) is 21.0. The molecule has 8 heteroatoms. The summed E-state index contributed by atoms with van der Waals surface area (Å²) >= 11 is 1.29. The molecule has 0 bridgehead atoms. The van der Waals surface area contributed by atoms with Crippen LogP contribution in [0, 0.1) is 13.8 Å². The minimum atomic E-state index is -4.22. The largest absolute Gasteiger partial charge is 0.348 e. The van der Waals surface area contributed by atoms with Crippen LogP contribution in [0.25, 0.3) is 0 Å². The number of carbonyl (C=O) groups excluding carboxylic acids is 2. The summed E-state index contributed by atoms with van der Waals surface area (Å²) in [5.74, 6) is -1.27. The first-order chi connectivity index (χ1) is 13.8. The van der Waals surface area contributed by atoms with Gasteiger partial charge in [0.15, 0.2) is 0 Å². The Bertz CT molecular complexity index is 1140. The van der Waals surface area contributed by atoms with E-state index in [0.717, 1.165) is 16.7 Å². The summed E-state index contributed by atoms with van der Waals surface area (Å²) in [5.41, 5.74) is 2.97. The Morgan fingerprint density at radius 2 is 1.62 bits per heavy atom. The minimum Gasteiger partial charge on any atom is -0.348 e. The average molecular weight is 429 g/mol. The second-order valence-corrected chi connectivity index (χ2v) is 9.05. The van der Waals surface area contributed by atoms with Crippen molar-refractivity contribution in [1.82, 2.24) is 10.0 Å². The number of benzene rings is 2. The van der Waals surface area contributed by atoms with E-state index >= 15 is 0 Å². The van der Waals surface area contributed by atoms with Crippen LogP contribution in [0.15, 0.2) is 64.2 Å². The van der Waals surface area contributed by atoms with Crippen molar-refractivity contribution in [3.8, 4) is 0 Å². The van der Waals surface area contributed by atoms with E-state index in [-0.39, 0.29) is 22.6 Å². The third kappa shape index (κ3) is 5.10. The molecule has 150 valence electrons. The fraction of sp³-hybridized carbons (Fsp3) is 0.143. The monoisotopic (exact) mass is 428 g/mol. The molecule has 0 radical (unpaired) electrons. The number of aryl methyl sites for hydroxylation is 2. The molecule has 6 nitrogen and oxygen atoms in total. The fourth-order valence-electron chi connectivity index (χ4n) is 2.67. The third-order valence-electron chi connectivity index (χ3n) is 4.25. The molecule has 0 aliphatic carbocycles. The molecule has 2 amide bonds. The second-order valence-electron chi connectivity index (χ2n) is 6.61. The van der Waals surface area contributed by atoms with E-state index in [1.54, 1.807) is 23.8 Å². The highest BCUT2D eigenvalue weighted by Crippen LogP contribution is 2.19. The number of hydrogen-bond donors (Lipinski definition) is 2. The number of amides is 2. The maximum absolute atomic E-state index is 12.8. The van der Waals surface area contributed by atoms with E-state index in [2.05, 4.69) is 5.32 Å². The molecule has 3 aromatic rings. The maximum Gasteiger partial charge on any atom is 0.265 e. The lowest BCUT2D eigenvalue weighted by molar-refractivity contribution is 0.0943. The maximum atomic E-state index is 12.8. The van der Waals surface area contributed by atoms with Crippen LogP contribution in [0.2, 0.25) is 0 Å². The molecule has 0 aliphatic heterocycles. The topological polar surface area (TPSA) is 92.3 Å². The zero-order valence-electron chi connectivity index (χ0n) is 15.9. The summed E-state index contributed by atoms with van der Waals surface area (Å²) in [7, 11) is -4.22. The predicted molar refractivity (Wildman–Crippen MR) is 112 cm³/mol. The van der Waals surface area contributed by atoms with Gasteiger partial charge in [0.1, 0.15) is 4.90 Å². The summed E-state index contributed by atoms with van der Waals surface area (Å²) in [4.78, 5) is 24.7. The van der Waals surface area contributed by atoms with Crippen LogP contribution in [-0.2, 0) is 16.6 Å². The van der Waals surface area contributed by atoms with E-state index < -0.39 is 21.8 Å². The Kier molecular flexibility index (Phi) is 6.14. The van der Waals surface area contributed by atoms with Crippen LogP contribution in [0.3, 0.4) is 0 Å². The van der Waals surface area contributed by atoms with Gasteiger partial charge in [-0.25, -0.2) is 13.1 Å². The van der Waals surface area contributed by atoms with Gasteiger partial charge in [-0.15, -0.1) is 0 Å². The SMILES string of the molecule is Cc1ccc(CNC(=O)c2cc(C)ccc2S(=O)(=O)NC(=O)c2ccsc2)cc1. The first-order valence-corrected chi connectivity index (χ1v) is 11.2. The van der Waals surface area contributed by atoms with Crippen LogP contribution in [0.5, 0.6) is 0 Å². The van der Waals surface area contributed by atoms with Crippen molar-refractivity contribution in [1.29, 1.82) is 0 Å². The van der Waals surface area contributed by atoms with Crippen LogP contribution in [-0.4, -0.2) is 20.2 Å². The van der Waals surface area contributed by atoms with Crippen molar-refractivity contribution in [2.75, 3.05) is 0 Å². The Morgan fingerprint density at radius 3 is 2.28 bits per heavy atom. The summed E-state index contributed by atoms with van der Waals surface area (Å²) in [6, 6.07) is 13.6. The molecular formula is C21H20N2O4S2. The van der Waals surface area contributed by atoms with Crippen LogP contribution >= 0.6 is 11.3 Å². The van der Waals surface area contributed by atoms with E-state index in [1.807, 2.05) is 35.9 Å². The van der Waals surface area contributed by atoms with Crippen molar-refractivity contribution >= 4 is 33.2 Å². The lowest BCUT2D eigenvalue weighted by Gasteiger charge is -2.13. The molecule has 1 aromatic heterocycles. The van der Waals surface area contributed by atoms with Crippen molar-refractivity contribution in [2.45, 2.75) is 25.3 Å². The first-order valence-electron chi connectivity index (χ1n) is 8.80. The molecule has 0 aliphatic rings. The Hall–Kier alpha value is -2.97. The van der Waals surface area contributed by atoms with E-state index in [9.17, 15) is 18.0 Å². The molecule has 29 heavy (non-hydrogen) atoms. The molecule has 0 saturated carbocycles. The average Bonchev–Trinajstić information content (AvgIpc) is 3.21. The number of sulfonamides is 1. The van der Waals surface area contributed by atoms with E-state index in [1.165, 1.54) is 29.5 Å². The predicted octanol–water partition coefficient (Wildman–Crippen LogP) is 3.41. The fourth-order valence-corrected chi connectivity index (χ4v) is 4.46. The number of thiophene rings is 1. The van der Waals surface area contributed by atoms with Crippen molar-refractivity contribution < 1.29 is 18.0 Å². The molecule has 1 heterocycles. The summed E-state index contributed by atoms with van der Waals surface area (Å²) < 4.78 is 27.6. The van der Waals surface area contributed by atoms with Crippen LogP contribution in [0.1, 0.15) is 37.4 Å². The van der Waals surface area contributed by atoms with Crippen molar-refractivity contribution in [3.63, 3.8) is 0 Å². The van der Waals surface area contributed by atoms with Gasteiger partial charge in [-0.05, 0) is 43.0 Å². The molecule has 0 fully saturated rings. The number of carbonyl (C=O) groups is 2. The van der Waals surface area contributed by atoms with Crippen molar-refractivity contribution in [3.05, 3.63) is 87.1 Å². The van der Waals surface area contributed by atoms with E-state index in [0.29, 0.717) is 0 Å². The van der Waals surface area contributed by atoms with E-state index in [4.69, 9.17) is 0 Å². The second kappa shape index (κ2) is 8.59. The summed E-state index contributed by atoms with van der Waals surface area (Å²) in [5, 5.41) is 5.97. The molecular weight excluding hydrogens is 408 g/mol. The van der Waals surface area contributed by atoms with Gasteiger partial charge in [0.05, 0.1) is 11.1 Å². The Labute approximate surface area is 173 Å². The van der Waals surface area contributed by atoms with Crippen LogP contribution in [0.4, 0.5) is 0 Å². The lowest BCUT2D eigenvalue weighted by atomic mass is 10.1. The van der Waals surface area contributed by atoms with Gasteiger partial charge in [0.25, 0.3) is 21.8 Å². The normalized spacial score (nSPS) is 11.1. The van der Waals surface area contributed by atoms with Gasteiger partial charge >= 0.3 is 0 Å². The Morgan fingerprint density at radius 1 is 0.931 bits per heavy atom. The number of hydrogen-bond acceptors (Lipinski definition) is 5. The van der Waals surface area contributed by atoms with Crippen molar-refractivity contribution in [2.24, 2.45) is 0 Å². The third-order valence-corrected chi connectivity index (χ3v) is 6.33. The number of rotatable bonds is 6. The molecule has 0 atom stereocenters. The van der Waals surface area contributed by atoms with Gasteiger partial charge < -0.3 is 5.32 Å². The molecule has 3 rings (SSSR count). The summed E-state index contributed by atoms with van der Waals surface area (Å²) in [6.07, 6.45) is 0. The highest BCUT2D eigenvalue weighted by molar-refractivity contribution is 7.90. The quantitative estimate of drug-likeness (QED) is 0.629. The van der Waals surface area contributed by atoms with Crippen LogP contribution < -0.4 is 10.0 Å². The zero-order valence-corrected chi connectivity index (χ0v) is 17.6. The van der Waals surface area contributed by atoms with Gasteiger partial charge in [-0.2, -0.15) is 11.3 Å². The lowest BCUT2D eigenvalue weighted by Crippen LogP contribution is -2.33. The molecule has 0 saturated heterocycles. The molecule has 0 spiro atoms. The standard InChI is InChI=1S/C21H20N2O4S2/c1-14-3-6-16(7-4-14)12-22-21(25)18-11-15(2)5-8-19(18)29(26,27)23-20(24)17-9-10-28-13-17/h3-11,13H,12H2,1-2H3,(H,22,25)(H,23,24).